The van der Waals surface area contributed by atoms with Crippen LogP contribution >= 0.6 is 0 Å². The van der Waals surface area contributed by atoms with E-state index in [9.17, 15) is 9.18 Å². The van der Waals surface area contributed by atoms with Crippen LogP contribution in [0.5, 0.6) is 0 Å². The molecule has 2 rings (SSSR count). The van der Waals surface area contributed by atoms with Crippen molar-refractivity contribution in [1.29, 1.82) is 0 Å². The highest BCUT2D eigenvalue weighted by atomic mass is 19.1. The van der Waals surface area contributed by atoms with Crippen molar-refractivity contribution >= 4 is 5.97 Å². The van der Waals surface area contributed by atoms with E-state index in [1.807, 2.05) is 0 Å². The molecule has 2 atom stereocenters. The molecule has 16 heavy (non-hydrogen) atoms. The van der Waals surface area contributed by atoms with E-state index in [-0.39, 0.29) is 11.7 Å². The standard InChI is InChI=1S/C12H14FNO2/c13-8-4-5-9-7(6-8)2-1-3-10(9)11(14)12(15)16/h4-6,10-11H,1-3,14H2,(H,15,16). The minimum Gasteiger partial charge on any atom is -0.480 e. The van der Waals surface area contributed by atoms with Gasteiger partial charge in [-0.15, -0.1) is 0 Å². The van der Waals surface area contributed by atoms with Crippen LogP contribution in [0.15, 0.2) is 18.2 Å². The van der Waals surface area contributed by atoms with Gasteiger partial charge in [-0.05, 0) is 42.5 Å². The van der Waals surface area contributed by atoms with E-state index in [0.717, 1.165) is 30.4 Å². The fraction of sp³-hybridized carbons (Fsp3) is 0.417. The molecule has 0 saturated heterocycles. The first-order valence-corrected chi connectivity index (χ1v) is 5.36. The van der Waals surface area contributed by atoms with Crippen LogP contribution < -0.4 is 5.73 Å². The van der Waals surface area contributed by atoms with Gasteiger partial charge >= 0.3 is 5.97 Å². The summed E-state index contributed by atoms with van der Waals surface area (Å²) in [6.07, 6.45) is 2.42. The van der Waals surface area contributed by atoms with Crippen molar-refractivity contribution in [3.05, 3.63) is 35.1 Å². The number of carboxylic acid groups (broad SMARTS) is 1. The zero-order valence-corrected chi connectivity index (χ0v) is 8.82. The van der Waals surface area contributed by atoms with Crippen molar-refractivity contribution in [3.63, 3.8) is 0 Å². The molecule has 86 valence electrons. The van der Waals surface area contributed by atoms with Gasteiger partial charge in [0.2, 0.25) is 0 Å². The normalized spacial score (nSPS) is 21.2. The highest BCUT2D eigenvalue weighted by molar-refractivity contribution is 5.74. The van der Waals surface area contributed by atoms with Gasteiger partial charge in [-0.2, -0.15) is 0 Å². The summed E-state index contributed by atoms with van der Waals surface area (Å²) in [4.78, 5) is 10.9. The fourth-order valence-electron chi connectivity index (χ4n) is 2.37. The van der Waals surface area contributed by atoms with E-state index in [0.29, 0.717) is 0 Å². The van der Waals surface area contributed by atoms with Crippen molar-refractivity contribution < 1.29 is 14.3 Å². The van der Waals surface area contributed by atoms with Crippen LogP contribution in [-0.4, -0.2) is 17.1 Å². The van der Waals surface area contributed by atoms with Crippen LogP contribution in [-0.2, 0) is 11.2 Å². The Bertz CT molecular complexity index is 419. The Morgan fingerprint density at radius 2 is 2.31 bits per heavy atom. The van der Waals surface area contributed by atoms with Gasteiger partial charge in [-0.1, -0.05) is 6.07 Å². The molecule has 1 aromatic rings. The molecule has 0 fully saturated rings. The van der Waals surface area contributed by atoms with Gasteiger partial charge in [0.05, 0.1) is 0 Å². The fourth-order valence-corrected chi connectivity index (χ4v) is 2.37. The first-order valence-electron chi connectivity index (χ1n) is 5.36. The van der Waals surface area contributed by atoms with E-state index in [4.69, 9.17) is 10.8 Å². The number of fused-ring (bicyclic) bond motifs is 1. The number of hydrogen-bond donors (Lipinski definition) is 2. The maximum Gasteiger partial charge on any atom is 0.321 e. The number of carboxylic acids is 1. The number of rotatable bonds is 2. The molecule has 0 saturated carbocycles. The van der Waals surface area contributed by atoms with E-state index < -0.39 is 12.0 Å². The Balaban J connectivity index is 2.36. The van der Waals surface area contributed by atoms with Crippen LogP contribution in [0.25, 0.3) is 0 Å². The number of nitrogens with two attached hydrogens (primary N) is 1. The first-order chi connectivity index (χ1) is 7.59. The summed E-state index contributed by atoms with van der Waals surface area (Å²) in [5.41, 5.74) is 7.44. The molecule has 2 unspecified atom stereocenters. The lowest BCUT2D eigenvalue weighted by Gasteiger charge is -2.28. The summed E-state index contributed by atoms with van der Waals surface area (Å²) in [6, 6.07) is 3.61. The van der Waals surface area contributed by atoms with Crippen molar-refractivity contribution in [2.45, 2.75) is 31.2 Å². The van der Waals surface area contributed by atoms with Crippen molar-refractivity contribution in [3.8, 4) is 0 Å². The summed E-state index contributed by atoms with van der Waals surface area (Å²) in [7, 11) is 0. The van der Waals surface area contributed by atoms with E-state index in [1.54, 1.807) is 6.07 Å². The van der Waals surface area contributed by atoms with E-state index >= 15 is 0 Å². The molecule has 1 aliphatic carbocycles. The average molecular weight is 223 g/mol. The highest BCUT2D eigenvalue weighted by Gasteiger charge is 2.29. The second-order valence-corrected chi connectivity index (χ2v) is 4.21. The third-order valence-corrected chi connectivity index (χ3v) is 3.18. The quantitative estimate of drug-likeness (QED) is 0.801. The predicted molar refractivity (Wildman–Crippen MR) is 57.7 cm³/mol. The predicted octanol–water partition coefficient (Wildman–Crippen LogP) is 1.66. The summed E-state index contributed by atoms with van der Waals surface area (Å²) in [5.74, 6) is -1.47. The molecule has 0 aromatic heterocycles. The number of aryl methyl sites for hydroxylation is 1. The SMILES string of the molecule is NC(C(=O)O)C1CCCc2cc(F)ccc21. The van der Waals surface area contributed by atoms with E-state index in [2.05, 4.69) is 0 Å². The van der Waals surface area contributed by atoms with Crippen molar-refractivity contribution in [2.24, 2.45) is 5.73 Å². The second-order valence-electron chi connectivity index (χ2n) is 4.21. The first kappa shape index (κ1) is 11.1. The van der Waals surface area contributed by atoms with Crippen LogP contribution in [0, 0.1) is 5.82 Å². The summed E-state index contributed by atoms with van der Waals surface area (Å²) in [5, 5.41) is 8.92. The van der Waals surface area contributed by atoms with Gasteiger partial charge in [0.1, 0.15) is 11.9 Å². The Hall–Kier alpha value is -1.42. The molecule has 4 heteroatoms. The van der Waals surface area contributed by atoms with Gasteiger partial charge in [-0.3, -0.25) is 4.79 Å². The Kier molecular flexibility index (Phi) is 2.92. The van der Waals surface area contributed by atoms with Crippen LogP contribution in [0.2, 0.25) is 0 Å². The Labute approximate surface area is 93.1 Å². The number of hydrogen-bond acceptors (Lipinski definition) is 2. The monoisotopic (exact) mass is 223 g/mol. The number of benzene rings is 1. The minimum absolute atomic E-state index is 0.193. The minimum atomic E-state index is -0.998. The molecule has 0 bridgehead atoms. The highest BCUT2D eigenvalue weighted by Crippen LogP contribution is 2.33. The van der Waals surface area contributed by atoms with Crippen molar-refractivity contribution in [2.75, 3.05) is 0 Å². The van der Waals surface area contributed by atoms with Crippen molar-refractivity contribution in [1.82, 2.24) is 0 Å². The molecule has 3 N–H and O–H groups in total. The maximum atomic E-state index is 13.0. The summed E-state index contributed by atoms with van der Waals surface area (Å²) < 4.78 is 13.0. The Morgan fingerprint density at radius 3 is 3.00 bits per heavy atom. The molecule has 3 nitrogen and oxygen atoms in total. The van der Waals surface area contributed by atoms with Gasteiger partial charge in [0.15, 0.2) is 0 Å². The lowest BCUT2D eigenvalue weighted by Crippen LogP contribution is -2.38. The summed E-state index contributed by atoms with van der Waals surface area (Å²) >= 11 is 0. The molecule has 0 amide bonds. The smallest absolute Gasteiger partial charge is 0.321 e. The van der Waals surface area contributed by atoms with Gasteiger partial charge in [0.25, 0.3) is 0 Å². The van der Waals surface area contributed by atoms with Crippen LogP contribution in [0.3, 0.4) is 0 Å². The molecule has 0 aliphatic heterocycles. The molecule has 1 aromatic carbocycles. The lowest BCUT2D eigenvalue weighted by molar-refractivity contribution is -0.139. The third kappa shape index (κ3) is 1.93. The van der Waals surface area contributed by atoms with Gasteiger partial charge in [-0.25, -0.2) is 4.39 Å². The Morgan fingerprint density at radius 1 is 1.56 bits per heavy atom. The molecule has 0 heterocycles. The zero-order chi connectivity index (χ0) is 11.7. The topological polar surface area (TPSA) is 63.3 Å². The lowest BCUT2D eigenvalue weighted by atomic mass is 9.79. The molecule has 0 radical (unpaired) electrons. The number of aliphatic carboxylic acids is 1. The van der Waals surface area contributed by atoms with Gasteiger partial charge < -0.3 is 10.8 Å². The molecular weight excluding hydrogens is 209 g/mol. The zero-order valence-electron chi connectivity index (χ0n) is 8.82. The molecule has 1 aliphatic rings. The van der Waals surface area contributed by atoms with Gasteiger partial charge in [0, 0.05) is 5.92 Å². The molecular formula is C12H14FNO2. The third-order valence-electron chi connectivity index (χ3n) is 3.18. The molecule has 0 spiro atoms. The summed E-state index contributed by atoms with van der Waals surface area (Å²) in [6.45, 7) is 0. The van der Waals surface area contributed by atoms with Crippen LogP contribution in [0.1, 0.15) is 29.9 Å². The largest absolute Gasteiger partial charge is 0.480 e. The van der Waals surface area contributed by atoms with Crippen LogP contribution in [0.4, 0.5) is 4.39 Å². The second kappa shape index (κ2) is 4.22. The number of carbonyl (C=O) groups is 1. The maximum absolute atomic E-state index is 13.0. The van der Waals surface area contributed by atoms with E-state index in [1.165, 1.54) is 12.1 Å². The number of halogens is 1. The average Bonchev–Trinajstić information content (AvgIpc) is 2.26.